The number of hydrogen-bond donors (Lipinski definition) is 2. The van der Waals surface area contributed by atoms with Gasteiger partial charge in [0.2, 0.25) is 11.8 Å². The number of fused-ring (bicyclic) bond motifs is 1. The number of nitrogens with one attached hydrogen (secondary N) is 1. The number of nitrogens with two attached hydrogens (primary N) is 1. The molecule has 31 heavy (non-hydrogen) atoms. The van der Waals surface area contributed by atoms with Gasteiger partial charge in [0.25, 0.3) is 0 Å². The molecule has 1 unspecified atom stereocenters. The molecule has 1 aromatic heterocycles. The second-order valence-corrected chi connectivity index (χ2v) is 7.41. The standard InChI is InChI=1S/C24H24N4O3/c1-4-29-20-11-17(9-10-19(20)30-13-16-7-5-14(2)6-8-16)22-18(12-25)23(26)31-24-21(22)15(3)27-28-24/h5-11,22H,4,13,26H2,1-3H3,(H,27,28). The molecular weight excluding hydrogens is 392 g/mol. The van der Waals surface area contributed by atoms with E-state index in [1.54, 1.807) is 0 Å². The van der Waals surface area contributed by atoms with E-state index in [1.807, 2.05) is 44.2 Å². The van der Waals surface area contributed by atoms with Gasteiger partial charge in [0.1, 0.15) is 18.2 Å². The normalized spacial score (nSPS) is 15.1. The molecule has 2 aromatic carbocycles. The van der Waals surface area contributed by atoms with Gasteiger partial charge in [-0.15, -0.1) is 5.10 Å². The van der Waals surface area contributed by atoms with Crippen molar-refractivity contribution in [1.82, 2.24) is 10.2 Å². The van der Waals surface area contributed by atoms with Gasteiger partial charge in [-0.1, -0.05) is 35.9 Å². The highest BCUT2D eigenvalue weighted by Gasteiger charge is 2.34. The van der Waals surface area contributed by atoms with E-state index in [2.05, 4.69) is 35.3 Å². The molecule has 2 heterocycles. The van der Waals surface area contributed by atoms with Gasteiger partial charge in [-0.3, -0.25) is 5.10 Å². The lowest BCUT2D eigenvalue weighted by Gasteiger charge is -2.24. The number of allylic oxidation sites excluding steroid dienone is 1. The van der Waals surface area contributed by atoms with Gasteiger partial charge in [0.15, 0.2) is 11.5 Å². The van der Waals surface area contributed by atoms with Gasteiger partial charge in [-0.2, -0.15) is 5.26 Å². The average Bonchev–Trinajstić information content (AvgIpc) is 3.13. The minimum atomic E-state index is -0.405. The molecule has 7 nitrogen and oxygen atoms in total. The van der Waals surface area contributed by atoms with E-state index in [-0.39, 0.29) is 5.88 Å². The van der Waals surface area contributed by atoms with Crippen LogP contribution in [0.25, 0.3) is 0 Å². The predicted molar refractivity (Wildman–Crippen MR) is 116 cm³/mol. The van der Waals surface area contributed by atoms with Crippen molar-refractivity contribution in [2.75, 3.05) is 6.61 Å². The quantitative estimate of drug-likeness (QED) is 0.623. The number of aromatic nitrogens is 2. The maximum absolute atomic E-state index is 9.75. The second-order valence-electron chi connectivity index (χ2n) is 7.41. The minimum Gasteiger partial charge on any atom is -0.490 e. The number of aryl methyl sites for hydroxylation is 2. The first-order valence-corrected chi connectivity index (χ1v) is 10.1. The van der Waals surface area contributed by atoms with Crippen LogP contribution in [0.4, 0.5) is 0 Å². The van der Waals surface area contributed by atoms with Crippen LogP contribution in [0.2, 0.25) is 0 Å². The van der Waals surface area contributed by atoms with Crippen LogP contribution >= 0.6 is 0 Å². The van der Waals surface area contributed by atoms with Crippen molar-refractivity contribution < 1.29 is 14.2 Å². The van der Waals surface area contributed by atoms with Crippen molar-refractivity contribution in [2.45, 2.75) is 33.3 Å². The molecule has 0 aliphatic carbocycles. The molecule has 0 fully saturated rings. The summed E-state index contributed by atoms with van der Waals surface area (Å²) < 4.78 is 17.4. The van der Waals surface area contributed by atoms with Crippen molar-refractivity contribution in [3.63, 3.8) is 0 Å². The van der Waals surface area contributed by atoms with Crippen LogP contribution in [0.5, 0.6) is 17.4 Å². The van der Waals surface area contributed by atoms with E-state index in [9.17, 15) is 5.26 Å². The molecular formula is C24H24N4O3. The zero-order valence-electron chi connectivity index (χ0n) is 17.7. The largest absolute Gasteiger partial charge is 0.490 e. The third-order valence-electron chi connectivity index (χ3n) is 5.25. The first-order chi connectivity index (χ1) is 15.0. The first-order valence-electron chi connectivity index (χ1n) is 10.1. The summed E-state index contributed by atoms with van der Waals surface area (Å²) in [7, 11) is 0. The van der Waals surface area contributed by atoms with E-state index in [4.69, 9.17) is 19.9 Å². The number of benzene rings is 2. The zero-order chi connectivity index (χ0) is 22.0. The van der Waals surface area contributed by atoms with Gasteiger partial charge in [0.05, 0.1) is 12.5 Å². The Morgan fingerprint density at radius 2 is 1.90 bits per heavy atom. The number of nitriles is 1. The Morgan fingerprint density at radius 1 is 1.13 bits per heavy atom. The molecule has 3 aromatic rings. The minimum absolute atomic E-state index is 0.0594. The van der Waals surface area contributed by atoms with Crippen LogP contribution in [0.1, 0.15) is 40.8 Å². The number of nitrogens with zero attached hydrogens (tertiary/aromatic N) is 2. The van der Waals surface area contributed by atoms with Crippen LogP contribution in [0.3, 0.4) is 0 Å². The number of ether oxygens (including phenoxy) is 3. The van der Waals surface area contributed by atoms with E-state index in [1.165, 1.54) is 5.56 Å². The number of rotatable bonds is 6. The van der Waals surface area contributed by atoms with E-state index in [0.717, 1.165) is 22.4 Å². The molecule has 3 N–H and O–H groups in total. The van der Waals surface area contributed by atoms with Crippen LogP contribution in [-0.4, -0.2) is 16.8 Å². The maximum Gasteiger partial charge on any atom is 0.244 e. The Labute approximate surface area is 181 Å². The molecule has 4 rings (SSSR count). The Morgan fingerprint density at radius 3 is 2.61 bits per heavy atom. The molecule has 1 aliphatic rings. The molecule has 0 radical (unpaired) electrons. The van der Waals surface area contributed by atoms with Crippen molar-refractivity contribution in [3.05, 3.63) is 81.9 Å². The fraction of sp³-hybridized carbons (Fsp3) is 0.250. The summed E-state index contributed by atoms with van der Waals surface area (Å²) in [6, 6.07) is 16.1. The van der Waals surface area contributed by atoms with Gasteiger partial charge in [0, 0.05) is 11.3 Å². The zero-order valence-corrected chi connectivity index (χ0v) is 17.7. The molecule has 1 atom stereocenters. The maximum atomic E-state index is 9.75. The number of H-pyrrole nitrogens is 1. The molecule has 0 spiro atoms. The lowest BCUT2D eigenvalue weighted by Crippen LogP contribution is -2.21. The Hall–Kier alpha value is -3.92. The Bertz CT molecular complexity index is 1170. The summed E-state index contributed by atoms with van der Waals surface area (Å²) in [5, 5.41) is 16.8. The summed E-state index contributed by atoms with van der Waals surface area (Å²) in [6.45, 7) is 6.77. The highest BCUT2D eigenvalue weighted by molar-refractivity contribution is 5.57. The Kier molecular flexibility index (Phi) is 5.54. The topological polar surface area (TPSA) is 106 Å². The van der Waals surface area contributed by atoms with E-state index in [0.29, 0.717) is 36.2 Å². The molecule has 158 valence electrons. The highest BCUT2D eigenvalue weighted by Crippen LogP contribution is 2.44. The van der Waals surface area contributed by atoms with Crippen molar-refractivity contribution in [1.29, 1.82) is 5.26 Å². The third-order valence-corrected chi connectivity index (χ3v) is 5.25. The summed E-state index contributed by atoms with van der Waals surface area (Å²) in [5.74, 6) is 1.29. The van der Waals surface area contributed by atoms with Crippen molar-refractivity contribution in [3.8, 4) is 23.4 Å². The van der Waals surface area contributed by atoms with Gasteiger partial charge >= 0.3 is 0 Å². The summed E-state index contributed by atoms with van der Waals surface area (Å²) in [4.78, 5) is 0. The monoisotopic (exact) mass is 416 g/mol. The van der Waals surface area contributed by atoms with Crippen LogP contribution in [0, 0.1) is 25.2 Å². The van der Waals surface area contributed by atoms with Gasteiger partial charge in [-0.25, -0.2) is 0 Å². The number of hydrogen-bond acceptors (Lipinski definition) is 6. The van der Waals surface area contributed by atoms with Crippen LogP contribution < -0.4 is 19.9 Å². The summed E-state index contributed by atoms with van der Waals surface area (Å²) in [5.41, 5.74) is 11.1. The number of aromatic amines is 1. The second kappa shape index (κ2) is 8.44. The average molecular weight is 416 g/mol. The summed E-state index contributed by atoms with van der Waals surface area (Å²) in [6.07, 6.45) is 0. The fourth-order valence-electron chi connectivity index (χ4n) is 3.67. The van der Waals surface area contributed by atoms with E-state index >= 15 is 0 Å². The predicted octanol–water partition coefficient (Wildman–Crippen LogP) is 4.22. The summed E-state index contributed by atoms with van der Waals surface area (Å²) >= 11 is 0. The molecule has 1 aliphatic heterocycles. The van der Waals surface area contributed by atoms with E-state index < -0.39 is 5.92 Å². The molecule has 0 bridgehead atoms. The first kappa shape index (κ1) is 20.4. The lowest BCUT2D eigenvalue weighted by atomic mass is 9.84. The molecule has 7 heteroatoms. The third kappa shape index (κ3) is 3.92. The van der Waals surface area contributed by atoms with Crippen molar-refractivity contribution >= 4 is 0 Å². The van der Waals surface area contributed by atoms with Crippen LogP contribution in [0.15, 0.2) is 53.9 Å². The lowest BCUT2D eigenvalue weighted by molar-refractivity contribution is 0.269. The van der Waals surface area contributed by atoms with Gasteiger partial charge < -0.3 is 19.9 Å². The Balaban J connectivity index is 1.69. The SMILES string of the molecule is CCOc1cc(C2C(C#N)=C(N)Oc3n[nH]c(C)c32)ccc1OCc1ccc(C)cc1. The highest BCUT2D eigenvalue weighted by atomic mass is 16.5. The molecule has 0 amide bonds. The molecule has 0 saturated carbocycles. The van der Waals surface area contributed by atoms with Gasteiger partial charge in [-0.05, 0) is 44.0 Å². The van der Waals surface area contributed by atoms with Crippen molar-refractivity contribution in [2.24, 2.45) is 5.73 Å². The molecule has 0 saturated heterocycles. The van der Waals surface area contributed by atoms with Crippen LogP contribution in [-0.2, 0) is 6.61 Å². The fourth-order valence-corrected chi connectivity index (χ4v) is 3.67. The smallest absolute Gasteiger partial charge is 0.244 e.